The van der Waals surface area contributed by atoms with Crippen LogP contribution in [-0.2, 0) is 0 Å². The Kier molecular flexibility index (Phi) is 3.64. The van der Waals surface area contributed by atoms with Crippen molar-refractivity contribution >= 4 is 11.7 Å². The number of amides is 1. The SMILES string of the molecule is Nc1ccc(C(=O)NCCC(F)(F)F)nn1. The molecule has 0 saturated carbocycles. The van der Waals surface area contributed by atoms with Crippen LogP contribution in [-0.4, -0.2) is 28.8 Å². The third kappa shape index (κ3) is 4.11. The van der Waals surface area contributed by atoms with E-state index in [1.165, 1.54) is 12.1 Å². The highest BCUT2D eigenvalue weighted by atomic mass is 19.4. The van der Waals surface area contributed by atoms with Gasteiger partial charge in [-0.3, -0.25) is 4.79 Å². The smallest absolute Gasteiger partial charge is 0.382 e. The highest BCUT2D eigenvalue weighted by Gasteiger charge is 2.26. The zero-order valence-electron chi connectivity index (χ0n) is 8.08. The molecule has 0 fully saturated rings. The molecule has 1 heterocycles. The first-order chi connectivity index (χ1) is 7.38. The van der Waals surface area contributed by atoms with Crippen molar-refractivity contribution in [3.8, 4) is 0 Å². The summed E-state index contributed by atoms with van der Waals surface area (Å²) in [4.78, 5) is 11.2. The van der Waals surface area contributed by atoms with Gasteiger partial charge in [-0.05, 0) is 12.1 Å². The first kappa shape index (κ1) is 12.2. The van der Waals surface area contributed by atoms with Gasteiger partial charge in [0.1, 0.15) is 5.82 Å². The number of nitrogens with zero attached hydrogens (tertiary/aromatic N) is 2. The molecule has 1 aromatic heterocycles. The van der Waals surface area contributed by atoms with Crippen LogP contribution in [0.3, 0.4) is 0 Å². The van der Waals surface area contributed by atoms with Gasteiger partial charge in [0.15, 0.2) is 5.69 Å². The fraction of sp³-hybridized carbons (Fsp3) is 0.375. The molecule has 0 aliphatic rings. The van der Waals surface area contributed by atoms with E-state index in [9.17, 15) is 18.0 Å². The average Bonchev–Trinajstić information content (AvgIpc) is 2.16. The number of rotatable bonds is 3. The zero-order valence-corrected chi connectivity index (χ0v) is 8.08. The number of nitrogen functional groups attached to an aromatic ring is 1. The van der Waals surface area contributed by atoms with Gasteiger partial charge < -0.3 is 11.1 Å². The van der Waals surface area contributed by atoms with Gasteiger partial charge in [-0.1, -0.05) is 0 Å². The minimum absolute atomic E-state index is 0.0728. The van der Waals surface area contributed by atoms with Crippen molar-refractivity contribution in [3.63, 3.8) is 0 Å². The molecule has 88 valence electrons. The third-order valence-electron chi connectivity index (χ3n) is 1.61. The monoisotopic (exact) mass is 234 g/mol. The number of hydrogen-bond acceptors (Lipinski definition) is 4. The lowest BCUT2D eigenvalue weighted by Gasteiger charge is -2.06. The van der Waals surface area contributed by atoms with Crippen molar-refractivity contribution < 1.29 is 18.0 Å². The van der Waals surface area contributed by atoms with Crippen LogP contribution in [0.25, 0.3) is 0 Å². The van der Waals surface area contributed by atoms with Crippen molar-refractivity contribution in [2.75, 3.05) is 12.3 Å². The van der Waals surface area contributed by atoms with Crippen LogP contribution in [0.1, 0.15) is 16.9 Å². The molecule has 0 bridgehead atoms. The number of hydrogen-bond donors (Lipinski definition) is 2. The Bertz CT molecular complexity index is 363. The van der Waals surface area contributed by atoms with Gasteiger partial charge >= 0.3 is 6.18 Å². The summed E-state index contributed by atoms with van der Waals surface area (Å²) >= 11 is 0. The summed E-state index contributed by atoms with van der Waals surface area (Å²) in [6.07, 6.45) is -5.37. The standard InChI is InChI=1S/C8H9F3N4O/c9-8(10,11)3-4-13-7(16)5-1-2-6(12)15-14-5/h1-2H,3-4H2,(H2,12,15)(H,13,16). The number of carbonyl (C=O) groups excluding carboxylic acids is 1. The third-order valence-corrected chi connectivity index (χ3v) is 1.61. The molecule has 1 aromatic rings. The molecule has 0 aliphatic carbocycles. The maximum absolute atomic E-state index is 11.8. The molecule has 16 heavy (non-hydrogen) atoms. The molecule has 0 aliphatic heterocycles. The van der Waals surface area contributed by atoms with Crippen molar-refractivity contribution in [1.29, 1.82) is 0 Å². The Morgan fingerprint density at radius 2 is 2.06 bits per heavy atom. The van der Waals surface area contributed by atoms with E-state index < -0.39 is 25.0 Å². The summed E-state index contributed by atoms with van der Waals surface area (Å²) < 4.78 is 35.3. The van der Waals surface area contributed by atoms with Crippen LogP contribution >= 0.6 is 0 Å². The van der Waals surface area contributed by atoms with E-state index in [1.54, 1.807) is 0 Å². The molecular formula is C8H9F3N4O. The second-order valence-electron chi connectivity index (χ2n) is 2.96. The Morgan fingerprint density at radius 1 is 1.38 bits per heavy atom. The summed E-state index contributed by atoms with van der Waals surface area (Å²) in [5.41, 5.74) is 5.16. The van der Waals surface area contributed by atoms with Crippen LogP contribution in [0.5, 0.6) is 0 Å². The quantitative estimate of drug-likeness (QED) is 0.808. The van der Waals surface area contributed by atoms with E-state index >= 15 is 0 Å². The Morgan fingerprint density at radius 3 is 2.56 bits per heavy atom. The van der Waals surface area contributed by atoms with Crippen LogP contribution in [0.15, 0.2) is 12.1 Å². The number of aromatic nitrogens is 2. The van der Waals surface area contributed by atoms with Crippen LogP contribution < -0.4 is 11.1 Å². The van der Waals surface area contributed by atoms with E-state index in [2.05, 4.69) is 15.5 Å². The van der Waals surface area contributed by atoms with Gasteiger partial charge in [-0.2, -0.15) is 13.2 Å². The Balaban J connectivity index is 2.44. The highest BCUT2D eigenvalue weighted by molar-refractivity contribution is 5.92. The lowest BCUT2D eigenvalue weighted by Crippen LogP contribution is -2.28. The average molecular weight is 234 g/mol. The highest BCUT2D eigenvalue weighted by Crippen LogP contribution is 2.18. The first-order valence-corrected chi connectivity index (χ1v) is 4.32. The number of halogens is 3. The fourth-order valence-electron chi connectivity index (χ4n) is 0.872. The molecular weight excluding hydrogens is 225 g/mol. The summed E-state index contributed by atoms with van der Waals surface area (Å²) in [7, 11) is 0. The molecule has 0 unspecified atom stereocenters. The molecule has 3 N–H and O–H groups in total. The maximum Gasteiger partial charge on any atom is 0.390 e. The number of nitrogens with one attached hydrogen (secondary N) is 1. The second-order valence-corrected chi connectivity index (χ2v) is 2.96. The van der Waals surface area contributed by atoms with Crippen molar-refractivity contribution in [2.24, 2.45) is 0 Å². The van der Waals surface area contributed by atoms with E-state index in [-0.39, 0.29) is 11.5 Å². The minimum Gasteiger partial charge on any atom is -0.382 e. The van der Waals surface area contributed by atoms with Gasteiger partial charge in [-0.25, -0.2) is 0 Å². The molecule has 0 aromatic carbocycles. The number of alkyl halides is 3. The number of carbonyl (C=O) groups is 1. The normalized spacial score (nSPS) is 11.2. The molecule has 0 atom stereocenters. The van der Waals surface area contributed by atoms with Crippen molar-refractivity contribution in [3.05, 3.63) is 17.8 Å². The fourth-order valence-corrected chi connectivity index (χ4v) is 0.872. The zero-order chi connectivity index (χ0) is 12.2. The summed E-state index contributed by atoms with van der Waals surface area (Å²) in [6, 6.07) is 2.62. The molecule has 5 nitrogen and oxygen atoms in total. The molecule has 0 spiro atoms. The molecule has 1 rings (SSSR count). The van der Waals surface area contributed by atoms with E-state index in [0.717, 1.165) is 0 Å². The van der Waals surface area contributed by atoms with Gasteiger partial charge in [-0.15, -0.1) is 10.2 Å². The van der Waals surface area contributed by atoms with Crippen LogP contribution in [0.4, 0.5) is 19.0 Å². The van der Waals surface area contributed by atoms with E-state index in [4.69, 9.17) is 5.73 Å². The Labute approximate surface area is 88.8 Å². The molecule has 0 saturated heterocycles. The lowest BCUT2D eigenvalue weighted by atomic mass is 10.3. The van der Waals surface area contributed by atoms with Crippen molar-refractivity contribution in [1.82, 2.24) is 15.5 Å². The van der Waals surface area contributed by atoms with Crippen LogP contribution in [0, 0.1) is 0 Å². The first-order valence-electron chi connectivity index (χ1n) is 4.32. The summed E-state index contributed by atoms with van der Waals surface area (Å²) in [6.45, 7) is -0.492. The van der Waals surface area contributed by atoms with Gasteiger partial charge in [0.05, 0.1) is 6.42 Å². The maximum atomic E-state index is 11.8. The summed E-state index contributed by atoms with van der Waals surface area (Å²) in [5.74, 6) is -0.580. The molecule has 0 radical (unpaired) electrons. The van der Waals surface area contributed by atoms with Crippen molar-refractivity contribution in [2.45, 2.75) is 12.6 Å². The van der Waals surface area contributed by atoms with E-state index in [1.807, 2.05) is 0 Å². The number of nitrogens with two attached hydrogens (primary N) is 1. The van der Waals surface area contributed by atoms with E-state index in [0.29, 0.717) is 0 Å². The predicted octanol–water partition coefficient (Wildman–Crippen LogP) is 0.741. The van der Waals surface area contributed by atoms with Crippen LogP contribution in [0.2, 0.25) is 0 Å². The molecule has 1 amide bonds. The lowest BCUT2D eigenvalue weighted by molar-refractivity contribution is -0.132. The Hall–Kier alpha value is -1.86. The summed E-state index contributed by atoms with van der Waals surface area (Å²) in [5, 5.41) is 8.90. The predicted molar refractivity (Wildman–Crippen MR) is 49.4 cm³/mol. The van der Waals surface area contributed by atoms with Gasteiger partial charge in [0, 0.05) is 6.54 Å². The topological polar surface area (TPSA) is 80.9 Å². The largest absolute Gasteiger partial charge is 0.390 e. The minimum atomic E-state index is -4.29. The number of anilines is 1. The van der Waals surface area contributed by atoms with Gasteiger partial charge in [0.2, 0.25) is 0 Å². The molecule has 8 heteroatoms. The van der Waals surface area contributed by atoms with Gasteiger partial charge in [0.25, 0.3) is 5.91 Å². The second kappa shape index (κ2) is 4.77.